The highest BCUT2D eigenvalue weighted by Gasteiger charge is 2.22. The second kappa shape index (κ2) is 14.4. The van der Waals surface area contributed by atoms with Gasteiger partial charge in [-0.1, -0.05) is 71.7 Å². The number of anilines is 3. The van der Waals surface area contributed by atoms with E-state index in [-0.39, 0.29) is 11.8 Å². The van der Waals surface area contributed by atoms with Gasteiger partial charge in [0.05, 0.1) is 11.9 Å². The summed E-state index contributed by atoms with van der Waals surface area (Å²) < 4.78 is 1.62. The summed E-state index contributed by atoms with van der Waals surface area (Å²) in [5.74, 6) is -0.508. The van der Waals surface area contributed by atoms with Crippen molar-refractivity contribution < 1.29 is 9.59 Å². The number of nitrogens with one attached hydrogen (secondary N) is 1. The lowest BCUT2D eigenvalue weighted by molar-refractivity contribution is -0.112. The van der Waals surface area contributed by atoms with Gasteiger partial charge in [0, 0.05) is 32.6 Å². The van der Waals surface area contributed by atoms with Crippen LogP contribution in [0.1, 0.15) is 33.3 Å². The largest absolute Gasteiger partial charge is 0.340 e. The van der Waals surface area contributed by atoms with Crippen LogP contribution in [0, 0.1) is 0 Å². The second-order valence-electron chi connectivity index (χ2n) is 9.65. The van der Waals surface area contributed by atoms with Crippen LogP contribution < -0.4 is 15.1 Å². The molecule has 0 atom stereocenters. The first-order valence-corrected chi connectivity index (χ1v) is 15.5. The lowest BCUT2D eigenvalue weighted by Crippen LogP contribution is -2.28. The van der Waals surface area contributed by atoms with Gasteiger partial charge in [-0.05, 0) is 49.2 Å². The van der Waals surface area contributed by atoms with Gasteiger partial charge in [-0.2, -0.15) is 5.10 Å². The number of hydrogen-bond acceptors (Lipinski definition) is 10. The highest BCUT2D eigenvalue weighted by atomic mass is 32.1. The molecule has 0 fully saturated rings. The molecule has 0 unspecified atom stereocenters. The summed E-state index contributed by atoms with van der Waals surface area (Å²) >= 11 is 2.75. The number of carbonyl (C=O) groups is 2. The average molecular weight is 626 g/mol. The van der Waals surface area contributed by atoms with Crippen molar-refractivity contribution in [2.75, 3.05) is 29.2 Å². The summed E-state index contributed by atoms with van der Waals surface area (Å²) in [7, 11) is 3.52. The van der Waals surface area contributed by atoms with E-state index in [0.29, 0.717) is 21.7 Å². The van der Waals surface area contributed by atoms with Crippen molar-refractivity contribution in [1.82, 2.24) is 30.2 Å². The molecule has 5 aromatic rings. The maximum atomic E-state index is 13.2. The van der Waals surface area contributed by atoms with Crippen LogP contribution in [-0.2, 0) is 17.6 Å². The molecule has 0 bridgehead atoms. The van der Waals surface area contributed by atoms with Crippen molar-refractivity contribution in [1.29, 1.82) is 0 Å². The normalized spacial score (nSPS) is 11.3. The van der Waals surface area contributed by atoms with E-state index in [4.69, 9.17) is 0 Å². The molecule has 0 spiro atoms. The van der Waals surface area contributed by atoms with E-state index in [2.05, 4.69) is 37.4 Å². The minimum absolute atomic E-state index is 0.216. The summed E-state index contributed by atoms with van der Waals surface area (Å²) in [4.78, 5) is 29.5. The van der Waals surface area contributed by atoms with Gasteiger partial charge in [-0.25, -0.2) is 4.68 Å². The number of amides is 2. The molecule has 44 heavy (non-hydrogen) atoms. The first-order chi connectivity index (χ1) is 21.4. The Balaban J connectivity index is 1.10. The summed E-state index contributed by atoms with van der Waals surface area (Å²) in [5.41, 5.74) is 2.57. The summed E-state index contributed by atoms with van der Waals surface area (Å²) in [6, 6.07) is 20.8. The van der Waals surface area contributed by atoms with Crippen LogP contribution in [0.15, 0.2) is 97.4 Å². The standard InChI is InChI=1S/C31H31N9O2S2/c1-4-13-24(38(2)22-14-7-5-8-15-22)28(41)33-30-36-34-26(43-30)18-11-12-19-27-35-37-31(44-27)39(3)29(42)25-20-21-32-40(25)23-16-9-6-10-17-23/h4-10,13-17,20-21H,1,11-12,18-19H2,2-3H3,(H,33,36,41)/b24-13-. The third kappa shape index (κ3) is 7.30. The van der Waals surface area contributed by atoms with Gasteiger partial charge < -0.3 is 4.90 Å². The van der Waals surface area contributed by atoms with E-state index in [9.17, 15) is 9.59 Å². The van der Waals surface area contributed by atoms with Gasteiger partial charge in [-0.3, -0.25) is 19.8 Å². The Morgan fingerprint density at radius 1 is 0.864 bits per heavy atom. The summed E-state index contributed by atoms with van der Waals surface area (Å²) in [6.07, 6.45) is 8.03. The summed E-state index contributed by atoms with van der Waals surface area (Å²) in [6.45, 7) is 3.74. The minimum Gasteiger partial charge on any atom is -0.340 e. The fourth-order valence-corrected chi connectivity index (χ4v) is 5.96. The smallest absolute Gasteiger partial charge is 0.278 e. The van der Waals surface area contributed by atoms with E-state index >= 15 is 0 Å². The molecule has 2 amide bonds. The van der Waals surface area contributed by atoms with Gasteiger partial charge in [0.2, 0.25) is 10.3 Å². The predicted molar refractivity (Wildman–Crippen MR) is 175 cm³/mol. The molecule has 224 valence electrons. The predicted octanol–water partition coefficient (Wildman–Crippen LogP) is 5.56. The van der Waals surface area contributed by atoms with Crippen molar-refractivity contribution in [3.63, 3.8) is 0 Å². The number of para-hydroxylation sites is 2. The molecule has 11 nitrogen and oxygen atoms in total. The van der Waals surface area contributed by atoms with Crippen LogP contribution in [0.4, 0.5) is 16.0 Å². The number of likely N-dealkylation sites (N-methyl/N-ethyl adjacent to an activating group) is 1. The van der Waals surface area contributed by atoms with Gasteiger partial charge in [-0.15, -0.1) is 20.4 Å². The molecule has 2 aromatic carbocycles. The molecular weight excluding hydrogens is 595 g/mol. The molecular formula is C31H31N9O2S2. The molecule has 3 heterocycles. The molecule has 0 saturated heterocycles. The Kier molecular flexibility index (Phi) is 10.00. The number of aromatic nitrogens is 6. The molecule has 0 radical (unpaired) electrons. The van der Waals surface area contributed by atoms with Crippen LogP contribution >= 0.6 is 22.7 Å². The molecule has 5 rings (SSSR count). The number of benzene rings is 2. The van der Waals surface area contributed by atoms with Crippen molar-refractivity contribution in [2.24, 2.45) is 0 Å². The maximum Gasteiger partial charge on any atom is 0.278 e. The third-order valence-electron chi connectivity index (χ3n) is 6.64. The fraction of sp³-hybridized carbons (Fsp3) is 0.194. The van der Waals surface area contributed by atoms with E-state index in [0.717, 1.165) is 47.1 Å². The Labute approximate surface area is 263 Å². The zero-order valence-corrected chi connectivity index (χ0v) is 26.0. The molecule has 13 heteroatoms. The van der Waals surface area contributed by atoms with E-state index < -0.39 is 0 Å². The monoisotopic (exact) mass is 625 g/mol. The Bertz CT molecular complexity index is 1750. The van der Waals surface area contributed by atoms with Crippen molar-refractivity contribution in [3.8, 4) is 5.69 Å². The number of nitrogens with zero attached hydrogens (tertiary/aromatic N) is 8. The Morgan fingerprint density at radius 2 is 1.52 bits per heavy atom. The average Bonchev–Trinajstić information content (AvgIpc) is 3.83. The summed E-state index contributed by atoms with van der Waals surface area (Å²) in [5, 5.41) is 26.8. The van der Waals surface area contributed by atoms with Crippen molar-refractivity contribution >= 4 is 50.4 Å². The molecule has 0 saturated carbocycles. The first-order valence-electron chi connectivity index (χ1n) is 13.9. The van der Waals surface area contributed by atoms with Gasteiger partial charge in [0.25, 0.3) is 11.8 Å². The number of allylic oxidation sites excluding steroid dienone is 2. The van der Waals surface area contributed by atoms with E-state index in [1.165, 1.54) is 27.6 Å². The lowest BCUT2D eigenvalue weighted by Gasteiger charge is -2.21. The SMILES string of the molecule is C=C/C=C(/C(=O)Nc1nnc(CCCCc2nnc(N(C)C(=O)c3ccnn3-c3ccccc3)s2)s1)N(C)c1ccccc1. The first kappa shape index (κ1) is 30.4. The molecule has 3 aromatic heterocycles. The quantitative estimate of drug-likeness (QED) is 0.103. The number of aryl methyl sites for hydroxylation is 2. The van der Waals surface area contributed by atoms with Crippen molar-refractivity contribution in [2.45, 2.75) is 25.7 Å². The molecule has 1 N–H and O–H groups in total. The fourth-order valence-electron chi connectivity index (χ4n) is 4.34. The maximum absolute atomic E-state index is 13.2. The van der Waals surface area contributed by atoms with Crippen LogP contribution in [0.5, 0.6) is 0 Å². The molecule has 0 aliphatic heterocycles. The van der Waals surface area contributed by atoms with Crippen LogP contribution in [0.3, 0.4) is 0 Å². The molecule has 0 aliphatic rings. The highest BCUT2D eigenvalue weighted by molar-refractivity contribution is 7.15. The van der Waals surface area contributed by atoms with Crippen molar-refractivity contribution in [3.05, 3.63) is 113 Å². The second-order valence-corrected chi connectivity index (χ2v) is 11.8. The lowest BCUT2D eigenvalue weighted by atomic mass is 10.2. The van der Waals surface area contributed by atoms with E-state index in [1.807, 2.05) is 67.7 Å². The number of rotatable bonds is 13. The number of hydrogen-bond donors (Lipinski definition) is 1. The van der Waals surface area contributed by atoms with Gasteiger partial charge >= 0.3 is 0 Å². The highest BCUT2D eigenvalue weighted by Crippen LogP contribution is 2.24. The minimum atomic E-state index is -0.293. The Hall–Kier alpha value is -5.01. The number of unbranched alkanes of at least 4 members (excludes halogenated alkanes) is 1. The number of carbonyl (C=O) groups excluding carboxylic acids is 2. The topological polar surface area (TPSA) is 122 Å². The van der Waals surface area contributed by atoms with Crippen LogP contribution in [0.25, 0.3) is 5.69 Å². The van der Waals surface area contributed by atoms with Gasteiger partial charge in [0.1, 0.15) is 21.4 Å². The zero-order chi connectivity index (χ0) is 30.9. The van der Waals surface area contributed by atoms with Crippen LogP contribution in [-0.4, -0.2) is 56.1 Å². The molecule has 0 aliphatic carbocycles. The Morgan fingerprint density at radius 3 is 2.23 bits per heavy atom. The van der Waals surface area contributed by atoms with E-state index in [1.54, 1.807) is 41.0 Å². The zero-order valence-electron chi connectivity index (χ0n) is 24.3. The van der Waals surface area contributed by atoms with Crippen LogP contribution in [0.2, 0.25) is 0 Å². The van der Waals surface area contributed by atoms with Gasteiger partial charge in [0.15, 0.2) is 0 Å². The third-order valence-corrected chi connectivity index (χ3v) is 8.60.